The second kappa shape index (κ2) is 11.4. The summed E-state index contributed by atoms with van der Waals surface area (Å²) in [6.07, 6.45) is 0.778. The lowest BCUT2D eigenvalue weighted by Crippen LogP contribution is -2.27. The van der Waals surface area contributed by atoms with E-state index in [0.717, 1.165) is 52.3 Å². The predicted octanol–water partition coefficient (Wildman–Crippen LogP) is 6.71. The first-order chi connectivity index (χ1) is 15.6. The van der Waals surface area contributed by atoms with Crippen LogP contribution >= 0.6 is 23.7 Å². The molecule has 0 atom stereocenters. The maximum absolute atomic E-state index is 9.95. The second-order valence-corrected chi connectivity index (χ2v) is 8.89. The summed E-state index contributed by atoms with van der Waals surface area (Å²) in [7, 11) is 0. The molecule has 1 aromatic heterocycles. The minimum atomic E-state index is 0. The number of nitrogens with zero attached hydrogens (tertiary/aromatic N) is 1. The summed E-state index contributed by atoms with van der Waals surface area (Å²) in [6, 6.07) is 21.2. The van der Waals surface area contributed by atoms with Gasteiger partial charge < -0.3 is 19.8 Å². The Morgan fingerprint density at radius 2 is 1.52 bits per heavy atom. The molecule has 0 amide bonds. The van der Waals surface area contributed by atoms with Crippen LogP contribution in [-0.2, 0) is 6.42 Å². The van der Waals surface area contributed by atoms with Crippen LogP contribution in [0.25, 0.3) is 20.5 Å². The van der Waals surface area contributed by atoms with Crippen molar-refractivity contribution < 1.29 is 14.9 Å². The van der Waals surface area contributed by atoms with Crippen molar-refractivity contribution in [1.82, 2.24) is 4.90 Å². The normalized spacial score (nSPS) is 11.0. The van der Waals surface area contributed by atoms with Gasteiger partial charge in [0.1, 0.15) is 23.9 Å². The van der Waals surface area contributed by atoms with E-state index in [1.54, 1.807) is 29.5 Å². The molecule has 6 heteroatoms. The van der Waals surface area contributed by atoms with Crippen LogP contribution in [-0.4, -0.2) is 41.4 Å². The zero-order chi connectivity index (χ0) is 22.5. The van der Waals surface area contributed by atoms with E-state index in [2.05, 4.69) is 30.9 Å². The van der Waals surface area contributed by atoms with Crippen molar-refractivity contribution in [2.45, 2.75) is 20.3 Å². The smallest absolute Gasteiger partial charge is 0.119 e. The summed E-state index contributed by atoms with van der Waals surface area (Å²) in [5, 5.41) is 20.8. The molecule has 3 aromatic carbocycles. The number of benzene rings is 3. The van der Waals surface area contributed by atoms with Gasteiger partial charge in [-0.1, -0.05) is 26.0 Å². The lowest BCUT2D eigenvalue weighted by Gasteiger charge is -2.18. The Bertz CT molecular complexity index is 1170. The van der Waals surface area contributed by atoms with Crippen molar-refractivity contribution in [3.8, 4) is 27.7 Å². The third-order valence-corrected chi connectivity index (χ3v) is 7.02. The van der Waals surface area contributed by atoms with Crippen molar-refractivity contribution in [2.75, 3.05) is 26.2 Å². The van der Waals surface area contributed by atoms with Gasteiger partial charge in [0, 0.05) is 16.1 Å². The number of thiophene rings is 1. The fourth-order valence-electron chi connectivity index (χ4n) is 3.90. The number of phenolic OH excluding ortho intramolecular Hbond substituents is 2. The molecule has 1 heterocycles. The first-order valence-corrected chi connectivity index (χ1v) is 11.9. The number of hydrogen-bond acceptors (Lipinski definition) is 5. The van der Waals surface area contributed by atoms with E-state index in [1.807, 2.05) is 36.4 Å². The SMILES string of the molecule is CCN(CC)CCOc1ccc(Cc2c(-c3ccc(O)cc3)sc3cc(O)ccc23)cc1.Cl. The Labute approximate surface area is 205 Å². The monoisotopic (exact) mass is 483 g/mol. The number of halogens is 1. The Kier molecular flexibility index (Phi) is 8.61. The number of rotatable bonds is 9. The van der Waals surface area contributed by atoms with Gasteiger partial charge in [-0.25, -0.2) is 0 Å². The third-order valence-electron chi connectivity index (χ3n) is 5.78. The van der Waals surface area contributed by atoms with Gasteiger partial charge in [0.2, 0.25) is 0 Å². The van der Waals surface area contributed by atoms with E-state index in [1.165, 1.54) is 11.1 Å². The fraction of sp³-hybridized carbons (Fsp3) is 0.259. The maximum Gasteiger partial charge on any atom is 0.119 e. The maximum atomic E-state index is 9.95. The number of ether oxygens (including phenoxy) is 1. The van der Waals surface area contributed by atoms with Crippen molar-refractivity contribution in [1.29, 1.82) is 0 Å². The van der Waals surface area contributed by atoms with Gasteiger partial charge >= 0.3 is 0 Å². The number of likely N-dealkylation sites (N-methyl/N-ethyl adjacent to an activating group) is 1. The molecule has 33 heavy (non-hydrogen) atoms. The molecular weight excluding hydrogens is 454 g/mol. The number of fused-ring (bicyclic) bond motifs is 1. The summed E-state index contributed by atoms with van der Waals surface area (Å²) in [5.74, 6) is 1.42. The molecule has 0 spiro atoms. The molecule has 0 aliphatic rings. The Morgan fingerprint density at radius 1 is 0.848 bits per heavy atom. The average Bonchev–Trinajstić information content (AvgIpc) is 3.15. The third kappa shape index (κ3) is 5.99. The quantitative estimate of drug-likeness (QED) is 0.277. The van der Waals surface area contributed by atoms with Crippen LogP contribution in [0.15, 0.2) is 66.7 Å². The molecule has 0 fully saturated rings. The lowest BCUT2D eigenvalue weighted by atomic mass is 9.99. The fourth-order valence-corrected chi connectivity index (χ4v) is 5.16. The van der Waals surface area contributed by atoms with Crippen LogP contribution in [0.2, 0.25) is 0 Å². The van der Waals surface area contributed by atoms with Gasteiger partial charge in [-0.05, 0) is 96.2 Å². The van der Waals surface area contributed by atoms with E-state index < -0.39 is 0 Å². The van der Waals surface area contributed by atoms with Gasteiger partial charge in [-0.3, -0.25) is 0 Å². The first-order valence-electron chi connectivity index (χ1n) is 11.0. The molecule has 4 aromatic rings. The Morgan fingerprint density at radius 3 is 2.18 bits per heavy atom. The number of hydrogen-bond donors (Lipinski definition) is 2. The summed E-state index contributed by atoms with van der Waals surface area (Å²) >= 11 is 1.67. The topological polar surface area (TPSA) is 52.9 Å². The number of phenols is 2. The molecule has 0 radical (unpaired) electrons. The van der Waals surface area contributed by atoms with E-state index in [0.29, 0.717) is 6.61 Å². The molecule has 0 unspecified atom stereocenters. The molecule has 4 rings (SSSR count). The van der Waals surface area contributed by atoms with Crippen molar-refractivity contribution in [2.24, 2.45) is 0 Å². The number of aromatic hydroxyl groups is 2. The predicted molar refractivity (Wildman–Crippen MR) is 140 cm³/mol. The highest BCUT2D eigenvalue weighted by atomic mass is 35.5. The van der Waals surface area contributed by atoms with Gasteiger partial charge in [0.05, 0.1) is 0 Å². The molecule has 0 saturated heterocycles. The van der Waals surface area contributed by atoms with E-state index in [9.17, 15) is 10.2 Å². The molecule has 174 valence electrons. The standard InChI is InChI=1S/C27H29NO3S.ClH/c1-3-28(4-2)15-16-31-23-12-5-19(6-13-23)17-25-24-14-11-22(30)18-26(24)32-27(25)20-7-9-21(29)10-8-20;/h5-14,18,29-30H,3-4,15-17H2,1-2H3;1H. The van der Waals surface area contributed by atoms with Gasteiger partial charge in [0.25, 0.3) is 0 Å². The summed E-state index contributed by atoms with van der Waals surface area (Å²) in [5.41, 5.74) is 3.50. The summed E-state index contributed by atoms with van der Waals surface area (Å²) in [4.78, 5) is 3.50. The largest absolute Gasteiger partial charge is 0.508 e. The minimum absolute atomic E-state index is 0. The van der Waals surface area contributed by atoms with E-state index in [-0.39, 0.29) is 23.9 Å². The molecule has 0 bridgehead atoms. The summed E-state index contributed by atoms with van der Waals surface area (Å²) < 4.78 is 6.98. The molecule has 2 N–H and O–H groups in total. The summed E-state index contributed by atoms with van der Waals surface area (Å²) in [6.45, 7) is 8.02. The first kappa shape index (κ1) is 24.9. The van der Waals surface area contributed by atoms with Gasteiger partial charge in [0.15, 0.2) is 0 Å². The Balaban J connectivity index is 0.00000306. The molecule has 0 aliphatic heterocycles. The zero-order valence-corrected chi connectivity index (χ0v) is 20.6. The highest BCUT2D eigenvalue weighted by Crippen LogP contribution is 2.41. The van der Waals surface area contributed by atoms with Gasteiger partial charge in [-0.2, -0.15) is 0 Å². The Hall–Kier alpha value is -2.73. The zero-order valence-electron chi connectivity index (χ0n) is 19.0. The van der Waals surface area contributed by atoms with Crippen LogP contribution in [0.4, 0.5) is 0 Å². The highest BCUT2D eigenvalue weighted by molar-refractivity contribution is 7.22. The minimum Gasteiger partial charge on any atom is -0.508 e. The molecule has 0 saturated carbocycles. The average molecular weight is 484 g/mol. The van der Waals surface area contributed by atoms with Crippen LogP contribution in [0.5, 0.6) is 17.2 Å². The van der Waals surface area contributed by atoms with Crippen LogP contribution < -0.4 is 4.74 Å². The van der Waals surface area contributed by atoms with Crippen molar-refractivity contribution in [3.63, 3.8) is 0 Å². The van der Waals surface area contributed by atoms with E-state index >= 15 is 0 Å². The molecule has 4 nitrogen and oxygen atoms in total. The van der Waals surface area contributed by atoms with Gasteiger partial charge in [-0.15, -0.1) is 23.7 Å². The lowest BCUT2D eigenvalue weighted by molar-refractivity contribution is 0.223. The van der Waals surface area contributed by atoms with Crippen molar-refractivity contribution in [3.05, 3.63) is 77.9 Å². The molecular formula is C27H30ClNO3S. The second-order valence-electron chi connectivity index (χ2n) is 7.83. The van der Waals surface area contributed by atoms with Crippen LogP contribution in [0, 0.1) is 0 Å². The van der Waals surface area contributed by atoms with E-state index in [4.69, 9.17) is 4.74 Å². The van der Waals surface area contributed by atoms with Crippen molar-refractivity contribution >= 4 is 33.8 Å². The van der Waals surface area contributed by atoms with Crippen LogP contribution in [0.3, 0.4) is 0 Å². The highest BCUT2D eigenvalue weighted by Gasteiger charge is 2.15. The molecule has 0 aliphatic carbocycles. The van der Waals surface area contributed by atoms with Crippen LogP contribution in [0.1, 0.15) is 25.0 Å².